The van der Waals surface area contributed by atoms with E-state index in [1.165, 1.54) is 79.5 Å². The topological polar surface area (TPSA) is 237 Å². The minimum atomic E-state index is -1.23. The summed E-state index contributed by atoms with van der Waals surface area (Å²) < 4.78 is 1.39. The predicted octanol–water partition coefficient (Wildman–Crippen LogP) is 1.83. The highest BCUT2D eigenvalue weighted by Gasteiger charge is 2.58. The van der Waals surface area contributed by atoms with E-state index >= 15 is 0 Å². The molecular weight excluding hydrogens is 757 g/mol. The average molecular weight is 781 g/mol. The Bertz CT molecular complexity index is 1850. The Morgan fingerprint density at radius 3 is 2.20 bits per heavy atom. The van der Waals surface area contributed by atoms with Gasteiger partial charge in [0.1, 0.15) is 44.6 Å². The number of carbonyl (C=O) groups is 5. The summed E-state index contributed by atoms with van der Waals surface area (Å²) in [4.78, 5) is 68.6. The molecule has 2 aromatic heterocycles. The summed E-state index contributed by atoms with van der Waals surface area (Å²) in [5, 5.41) is 48.2. The van der Waals surface area contributed by atoms with Crippen molar-refractivity contribution in [1.29, 1.82) is 0 Å². The van der Waals surface area contributed by atoms with Crippen molar-refractivity contribution >= 4 is 99.3 Å². The fraction of sp³-hybridized carbons (Fsp3) is 0.480. The van der Waals surface area contributed by atoms with Gasteiger partial charge in [-0.05, 0) is 40.8 Å². The van der Waals surface area contributed by atoms with E-state index in [4.69, 9.17) is 0 Å². The summed E-state index contributed by atoms with van der Waals surface area (Å²) in [6.07, 6.45) is -0.884. The summed E-state index contributed by atoms with van der Waals surface area (Å²) in [5.41, 5.74) is 1.09. The first-order chi connectivity index (χ1) is 23.6. The molecule has 2 aromatic rings. The van der Waals surface area contributed by atoms with Crippen LogP contribution in [0.2, 0.25) is 0 Å². The smallest absolute Gasteiger partial charge is 0.352 e. The first kappa shape index (κ1) is 34.0. The van der Waals surface area contributed by atoms with Gasteiger partial charge in [0.25, 0.3) is 5.91 Å². The van der Waals surface area contributed by atoms with Crippen molar-refractivity contribution in [2.45, 2.75) is 64.0 Å². The Morgan fingerprint density at radius 2 is 1.57 bits per heavy atom. The molecule has 7 rings (SSSR count). The second-order valence-corrected chi connectivity index (χ2v) is 17.8. The molecule has 0 aromatic carbocycles. The van der Waals surface area contributed by atoms with Gasteiger partial charge in [-0.2, -0.15) is 0 Å². The third-order valence-corrected chi connectivity index (χ3v) is 14.4. The normalized spacial score (nSPS) is 25.8. The van der Waals surface area contributed by atoms with Crippen molar-refractivity contribution < 1.29 is 29.1 Å². The molecule has 0 radical (unpaired) electrons. The van der Waals surface area contributed by atoms with Gasteiger partial charge in [-0.1, -0.05) is 46.2 Å². The highest BCUT2D eigenvalue weighted by Crippen LogP contribution is 2.44. The third-order valence-electron chi connectivity index (χ3n) is 7.71. The largest absolute Gasteiger partial charge is 0.477 e. The number of hydrogen-bond acceptors (Lipinski definition) is 19. The van der Waals surface area contributed by atoms with Crippen LogP contribution in [0.3, 0.4) is 0 Å². The number of rotatable bonds is 12. The maximum absolute atomic E-state index is 14.0. The van der Waals surface area contributed by atoms with Crippen molar-refractivity contribution in [2.24, 2.45) is 20.7 Å². The number of thioether (sulfide) groups is 4. The van der Waals surface area contributed by atoms with Gasteiger partial charge in [-0.25, -0.2) is 4.79 Å². The van der Waals surface area contributed by atoms with Crippen LogP contribution in [0.5, 0.6) is 0 Å². The fourth-order valence-corrected chi connectivity index (χ4v) is 12.0. The van der Waals surface area contributed by atoms with Crippen molar-refractivity contribution in [3.8, 4) is 0 Å². The molecule has 0 saturated carbocycles. The molecule has 0 bridgehead atoms. The second kappa shape index (κ2) is 14.0. The summed E-state index contributed by atoms with van der Waals surface area (Å²) in [6, 6.07) is -2.96. The van der Waals surface area contributed by atoms with E-state index < -0.39 is 64.6 Å². The van der Waals surface area contributed by atoms with E-state index in [0.29, 0.717) is 37.1 Å². The summed E-state index contributed by atoms with van der Waals surface area (Å²) in [5.74, 6) is -2.31. The number of amides is 4. The van der Waals surface area contributed by atoms with Crippen LogP contribution in [-0.2, 0) is 24.0 Å². The molecule has 49 heavy (non-hydrogen) atoms. The average Bonchev–Trinajstić information content (AvgIpc) is 3.85. The Balaban J connectivity index is 1.06. The van der Waals surface area contributed by atoms with E-state index in [1.807, 2.05) is 13.8 Å². The molecule has 1 unspecified atom stereocenters. The maximum Gasteiger partial charge on any atom is 0.352 e. The Labute approximate surface area is 301 Å². The van der Waals surface area contributed by atoms with Gasteiger partial charge in [0.2, 0.25) is 17.7 Å². The number of fused-ring (bicyclic) bond motifs is 2. The van der Waals surface area contributed by atoms with E-state index in [0.717, 1.165) is 10.0 Å². The van der Waals surface area contributed by atoms with Gasteiger partial charge >= 0.3 is 5.97 Å². The molecule has 0 spiro atoms. The Morgan fingerprint density at radius 1 is 0.918 bits per heavy atom. The number of carboxylic acid groups (broad SMARTS) is 1. The molecule has 3 N–H and O–H groups in total. The zero-order chi connectivity index (χ0) is 34.4. The van der Waals surface area contributed by atoms with Crippen LogP contribution in [0.1, 0.15) is 16.4 Å². The molecule has 256 valence electrons. The predicted molar refractivity (Wildman–Crippen MR) is 181 cm³/mol. The number of aliphatic carboxylic acids is 1. The standard InChI is InChI=1S/C25H24N12O6S6/c1-8-28-32-24(48-8)46-6-10-4-44-21-14(26-13(38)3-12-30-34-35-31-12)19(40)36(21)16(10)18(39)27-15-20(41)37-17(23(42)43)11(5-45-22(15)37)7-47-25-33-29-9(2)49-25/h4,12,14-16,21-22H,3,5-7H2,1-2H3,(H,26,38)(H,27,39)(H,42,43)/t14-,15-,16?,21-,22-/m1/s1. The molecule has 4 amide bonds. The fourth-order valence-electron chi connectivity index (χ4n) is 5.51. The molecule has 2 fully saturated rings. The number of β-lactam (4-membered cyclic amide) rings is 2. The van der Waals surface area contributed by atoms with Crippen molar-refractivity contribution in [3.05, 3.63) is 32.3 Å². The number of carboxylic acids is 1. The number of carbonyl (C=O) groups excluding carboxylic acids is 4. The van der Waals surface area contributed by atoms with E-state index in [2.05, 4.69) is 51.7 Å². The molecule has 7 heterocycles. The SMILES string of the molecule is Cc1nnc(SCC2=CS[C@@H]3[C@H](NC(=O)CC4N=NN=N4)C(=O)N3C2C(=O)N[C@@H]2C(=O)N3C(C(=O)O)=C(CSc4nnc(C)s4)CS[C@H]23)s1. The molecule has 2 saturated heterocycles. The molecular formula is C25H24N12O6S6. The molecule has 24 heteroatoms. The Hall–Kier alpha value is -3.45. The van der Waals surface area contributed by atoms with Crippen LogP contribution in [-0.4, -0.2) is 117 Å². The number of hydrogen-bond donors (Lipinski definition) is 3. The quantitative estimate of drug-likeness (QED) is 0.206. The first-order valence-electron chi connectivity index (χ1n) is 14.4. The molecule has 5 aliphatic rings. The van der Waals surface area contributed by atoms with Crippen LogP contribution in [0.15, 0.2) is 51.6 Å². The zero-order valence-electron chi connectivity index (χ0n) is 25.3. The number of aryl methyl sites for hydroxylation is 2. The minimum Gasteiger partial charge on any atom is -0.477 e. The van der Waals surface area contributed by atoms with Gasteiger partial charge < -0.3 is 20.6 Å². The highest BCUT2D eigenvalue weighted by atomic mass is 32.2. The highest BCUT2D eigenvalue weighted by molar-refractivity contribution is 8.03. The lowest BCUT2D eigenvalue weighted by atomic mass is 9.96. The number of nitrogens with zero attached hydrogens (tertiary/aromatic N) is 10. The number of nitrogens with one attached hydrogen (secondary N) is 2. The number of aromatic nitrogens is 4. The van der Waals surface area contributed by atoms with E-state index in [1.54, 1.807) is 5.41 Å². The van der Waals surface area contributed by atoms with Crippen LogP contribution < -0.4 is 10.6 Å². The lowest BCUT2D eigenvalue weighted by Gasteiger charge is -2.53. The molecule has 5 atom stereocenters. The monoisotopic (exact) mass is 780 g/mol. The summed E-state index contributed by atoms with van der Waals surface area (Å²) in [6.45, 7) is 3.66. The minimum absolute atomic E-state index is 0.0940. The zero-order valence-corrected chi connectivity index (χ0v) is 30.2. The third kappa shape index (κ3) is 6.72. The van der Waals surface area contributed by atoms with Crippen molar-refractivity contribution in [3.63, 3.8) is 0 Å². The van der Waals surface area contributed by atoms with Gasteiger partial charge in [-0.3, -0.25) is 24.1 Å². The van der Waals surface area contributed by atoms with Crippen LogP contribution in [0.4, 0.5) is 0 Å². The van der Waals surface area contributed by atoms with Crippen LogP contribution >= 0.6 is 69.7 Å². The van der Waals surface area contributed by atoms with E-state index in [-0.39, 0.29) is 12.1 Å². The molecule has 0 aliphatic carbocycles. The lowest BCUT2D eigenvalue weighted by molar-refractivity contribution is -0.157. The van der Waals surface area contributed by atoms with Crippen molar-refractivity contribution in [2.75, 3.05) is 17.3 Å². The van der Waals surface area contributed by atoms with E-state index in [9.17, 15) is 29.1 Å². The lowest BCUT2D eigenvalue weighted by Crippen LogP contribution is -2.76. The maximum atomic E-state index is 14.0. The van der Waals surface area contributed by atoms with Crippen LogP contribution in [0, 0.1) is 13.8 Å². The molecule has 5 aliphatic heterocycles. The van der Waals surface area contributed by atoms with Crippen LogP contribution in [0.25, 0.3) is 0 Å². The van der Waals surface area contributed by atoms with Gasteiger partial charge in [-0.15, -0.1) is 54.1 Å². The van der Waals surface area contributed by atoms with Gasteiger partial charge in [0, 0.05) is 17.3 Å². The Kier molecular flexibility index (Phi) is 9.75. The summed E-state index contributed by atoms with van der Waals surface area (Å²) in [7, 11) is 0. The first-order valence-corrected chi connectivity index (χ1v) is 20.0. The van der Waals surface area contributed by atoms with Gasteiger partial charge in [0.15, 0.2) is 14.8 Å². The second-order valence-electron chi connectivity index (χ2n) is 10.9. The van der Waals surface area contributed by atoms with Crippen molar-refractivity contribution in [1.82, 2.24) is 40.8 Å². The van der Waals surface area contributed by atoms with Gasteiger partial charge in [0.05, 0.1) is 6.42 Å². The molecule has 18 nitrogen and oxygen atoms in total. The summed E-state index contributed by atoms with van der Waals surface area (Å²) >= 11 is 8.19.